The van der Waals surface area contributed by atoms with Crippen molar-refractivity contribution >= 4 is 17.5 Å². The number of amides is 2. The van der Waals surface area contributed by atoms with Crippen molar-refractivity contribution in [2.75, 3.05) is 64.5 Å². The lowest BCUT2D eigenvalue weighted by atomic mass is 10.0. The van der Waals surface area contributed by atoms with E-state index in [0.29, 0.717) is 65.3 Å². The molecule has 1 aromatic carbocycles. The van der Waals surface area contributed by atoms with Gasteiger partial charge in [0.15, 0.2) is 5.79 Å². The molecule has 4 rings (SSSR count). The van der Waals surface area contributed by atoms with Crippen molar-refractivity contribution in [3.63, 3.8) is 0 Å². The number of piperidine rings is 1. The number of rotatable bonds is 2. The van der Waals surface area contributed by atoms with Crippen molar-refractivity contribution in [1.82, 2.24) is 9.80 Å². The Balaban J connectivity index is 1.28. The molecule has 0 N–H and O–H groups in total. The third-order valence-electron chi connectivity index (χ3n) is 5.81. The van der Waals surface area contributed by atoms with Gasteiger partial charge in [0, 0.05) is 57.8 Å². The van der Waals surface area contributed by atoms with Crippen LogP contribution in [-0.4, -0.2) is 87.0 Å². The van der Waals surface area contributed by atoms with Gasteiger partial charge in [0.05, 0.1) is 20.3 Å². The molecule has 0 aliphatic carbocycles. The van der Waals surface area contributed by atoms with Gasteiger partial charge in [-0.05, 0) is 24.3 Å². The highest BCUT2D eigenvalue weighted by Gasteiger charge is 2.42. The van der Waals surface area contributed by atoms with Crippen molar-refractivity contribution in [2.24, 2.45) is 0 Å². The summed E-state index contributed by atoms with van der Waals surface area (Å²) in [4.78, 5) is 30.8. The Morgan fingerprint density at radius 1 is 0.857 bits per heavy atom. The Bertz CT molecular complexity index is 699. The van der Waals surface area contributed by atoms with Crippen molar-refractivity contribution in [3.05, 3.63) is 24.3 Å². The van der Waals surface area contributed by atoms with Crippen molar-refractivity contribution in [3.8, 4) is 5.75 Å². The molecular formula is C20H27N3O5. The lowest BCUT2D eigenvalue weighted by molar-refractivity contribution is -0.188. The number of methoxy groups -OCH3 is 1. The predicted octanol–water partition coefficient (Wildman–Crippen LogP) is 0.709. The lowest BCUT2D eigenvalue weighted by Gasteiger charge is -2.39. The van der Waals surface area contributed by atoms with Gasteiger partial charge in [0.25, 0.3) is 0 Å². The number of benzene rings is 1. The van der Waals surface area contributed by atoms with E-state index < -0.39 is 17.6 Å². The minimum atomic E-state index is -0.538. The van der Waals surface area contributed by atoms with E-state index in [1.807, 2.05) is 24.3 Å². The van der Waals surface area contributed by atoms with Gasteiger partial charge >= 0.3 is 11.8 Å². The highest BCUT2D eigenvalue weighted by molar-refractivity contribution is 6.34. The maximum atomic E-state index is 12.7. The molecule has 1 aromatic rings. The van der Waals surface area contributed by atoms with Gasteiger partial charge in [-0.15, -0.1) is 0 Å². The van der Waals surface area contributed by atoms with E-state index in [1.165, 1.54) is 0 Å². The van der Waals surface area contributed by atoms with Crippen LogP contribution in [0.15, 0.2) is 24.3 Å². The van der Waals surface area contributed by atoms with Gasteiger partial charge in [-0.1, -0.05) is 0 Å². The predicted molar refractivity (Wildman–Crippen MR) is 102 cm³/mol. The molecule has 3 aliphatic heterocycles. The van der Waals surface area contributed by atoms with Crippen LogP contribution in [0.1, 0.15) is 12.8 Å². The van der Waals surface area contributed by atoms with Gasteiger partial charge < -0.3 is 28.9 Å². The number of piperazine rings is 1. The number of ether oxygens (including phenoxy) is 3. The number of carbonyl (C=O) groups is 2. The maximum absolute atomic E-state index is 12.7. The van der Waals surface area contributed by atoms with E-state index in [2.05, 4.69) is 4.90 Å². The Hall–Kier alpha value is -2.32. The van der Waals surface area contributed by atoms with E-state index >= 15 is 0 Å². The van der Waals surface area contributed by atoms with Gasteiger partial charge in [0.2, 0.25) is 0 Å². The number of anilines is 1. The standard InChI is InChI=1S/C20H27N3O5/c1-26-17-4-2-16(3-5-17)21-10-12-23(13-11-21)19(25)18(24)22-8-6-20(7-9-22)27-14-15-28-20/h2-5H,6-15H2,1H3. The first-order valence-electron chi connectivity index (χ1n) is 9.85. The van der Waals surface area contributed by atoms with Crippen LogP contribution < -0.4 is 9.64 Å². The number of hydrogen-bond acceptors (Lipinski definition) is 6. The van der Waals surface area contributed by atoms with Crippen molar-refractivity contribution in [1.29, 1.82) is 0 Å². The molecule has 3 saturated heterocycles. The number of nitrogens with zero attached hydrogens (tertiary/aromatic N) is 3. The highest BCUT2D eigenvalue weighted by atomic mass is 16.7. The molecule has 0 radical (unpaired) electrons. The molecule has 0 atom stereocenters. The molecule has 0 aromatic heterocycles. The first kappa shape index (κ1) is 19.0. The molecule has 8 heteroatoms. The molecule has 0 saturated carbocycles. The first-order valence-corrected chi connectivity index (χ1v) is 9.85. The number of hydrogen-bond donors (Lipinski definition) is 0. The number of carbonyl (C=O) groups excluding carboxylic acids is 2. The summed E-state index contributed by atoms with van der Waals surface area (Å²) >= 11 is 0. The van der Waals surface area contributed by atoms with Crippen LogP contribution in [0.4, 0.5) is 5.69 Å². The lowest BCUT2D eigenvalue weighted by Crippen LogP contribution is -2.55. The largest absolute Gasteiger partial charge is 0.497 e. The average molecular weight is 389 g/mol. The maximum Gasteiger partial charge on any atom is 0.312 e. The fourth-order valence-electron chi connectivity index (χ4n) is 4.07. The Kier molecular flexibility index (Phi) is 5.41. The van der Waals surface area contributed by atoms with E-state index in [4.69, 9.17) is 14.2 Å². The molecule has 8 nitrogen and oxygen atoms in total. The summed E-state index contributed by atoms with van der Waals surface area (Å²) in [6.07, 6.45) is 1.24. The highest BCUT2D eigenvalue weighted by Crippen LogP contribution is 2.31. The van der Waals surface area contributed by atoms with Crippen LogP contribution >= 0.6 is 0 Å². The zero-order chi connectivity index (χ0) is 19.6. The summed E-state index contributed by atoms with van der Waals surface area (Å²) in [5.74, 6) is -0.534. The van der Waals surface area contributed by atoms with Gasteiger partial charge in [-0.2, -0.15) is 0 Å². The summed E-state index contributed by atoms with van der Waals surface area (Å²) in [7, 11) is 1.65. The van der Waals surface area contributed by atoms with E-state index in [9.17, 15) is 9.59 Å². The second kappa shape index (κ2) is 7.97. The summed E-state index contributed by atoms with van der Waals surface area (Å²) in [6.45, 7) is 4.69. The molecule has 3 heterocycles. The second-order valence-corrected chi connectivity index (χ2v) is 7.38. The van der Waals surface area contributed by atoms with Gasteiger partial charge in [-0.3, -0.25) is 9.59 Å². The van der Waals surface area contributed by atoms with Crippen LogP contribution in [0, 0.1) is 0 Å². The second-order valence-electron chi connectivity index (χ2n) is 7.38. The van der Waals surface area contributed by atoms with Crippen molar-refractivity contribution < 1.29 is 23.8 Å². The molecule has 2 amide bonds. The number of likely N-dealkylation sites (tertiary alicyclic amines) is 1. The zero-order valence-electron chi connectivity index (χ0n) is 16.3. The monoisotopic (exact) mass is 389 g/mol. The fourth-order valence-corrected chi connectivity index (χ4v) is 4.07. The molecule has 3 fully saturated rings. The minimum absolute atomic E-state index is 0.404. The quantitative estimate of drug-likeness (QED) is 0.694. The Morgan fingerprint density at radius 2 is 1.39 bits per heavy atom. The topological polar surface area (TPSA) is 71.6 Å². The Morgan fingerprint density at radius 3 is 1.93 bits per heavy atom. The van der Waals surface area contributed by atoms with Gasteiger partial charge in [0.1, 0.15) is 5.75 Å². The van der Waals surface area contributed by atoms with E-state index in [1.54, 1.807) is 16.9 Å². The smallest absolute Gasteiger partial charge is 0.312 e. The summed E-state index contributed by atoms with van der Waals surface area (Å²) in [6, 6.07) is 7.88. The first-order chi connectivity index (χ1) is 13.6. The molecule has 28 heavy (non-hydrogen) atoms. The normalized spacial score (nSPS) is 21.8. The molecular weight excluding hydrogens is 362 g/mol. The third-order valence-corrected chi connectivity index (χ3v) is 5.81. The third kappa shape index (κ3) is 3.79. The van der Waals surface area contributed by atoms with Crippen LogP contribution in [0.2, 0.25) is 0 Å². The van der Waals surface area contributed by atoms with Crippen molar-refractivity contribution in [2.45, 2.75) is 18.6 Å². The van der Waals surface area contributed by atoms with E-state index in [-0.39, 0.29) is 0 Å². The molecule has 0 unspecified atom stereocenters. The zero-order valence-corrected chi connectivity index (χ0v) is 16.3. The Labute approximate surface area is 164 Å². The van der Waals surface area contributed by atoms with Gasteiger partial charge in [-0.25, -0.2) is 0 Å². The summed E-state index contributed by atoms with van der Waals surface area (Å²) < 4.78 is 16.6. The SMILES string of the molecule is COc1ccc(N2CCN(C(=O)C(=O)N3CCC4(CC3)OCCO4)CC2)cc1. The molecule has 0 bridgehead atoms. The van der Waals surface area contributed by atoms with Crippen LogP contribution in [0.5, 0.6) is 5.75 Å². The molecule has 1 spiro atoms. The van der Waals surface area contributed by atoms with Crippen LogP contribution in [0.25, 0.3) is 0 Å². The fraction of sp³-hybridized carbons (Fsp3) is 0.600. The summed E-state index contributed by atoms with van der Waals surface area (Å²) in [5, 5.41) is 0. The summed E-state index contributed by atoms with van der Waals surface area (Å²) in [5.41, 5.74) is 1.09. The molecule has 152 valence electrons. The van der Waals surface area contributed by atoms with E-state index in [0.717, 1.165) is 11.4 Å². The van der Waals surface area contributed by atoms with Crippen LogP contribution in [-0.2, 0) is 19.1 Å². The average Bonchev–Trinajstić information content (AvgIpc) is 3.21. The van der Waals surface area contributed by atoms with Crippen LogP contribution in [0.3, 0.4) is 0 Å². The minimum Gasteiger partial charge on any atom is -0.497 e. The molecule has 3 aliphatic rings.